The minimum Gasteiger partial charge on any atom is -0.545 e. The van der Waals surface area contributed by atoms with E-state index in [0.29, 0.717) is 24.0 Å². The Morgan fingerprint density at radius 1 is 0.577 bits per heavy atom. The van der Waals surface area contributed by atoms with E-state index < -0.39 is 23.9 Å². The van der Waals surface area contributed by atoms with E-state index in [9.17, 15) is 29.4 Å². The van der Waals surface area contributed by atoms with Crippen LogP contribution in [0.5, 0.6) is 0 Å². The first kappa shape index (κ1) is 47.4. The van der Waals surface area contributed by atoms with Crippen molar-refractivity contribution in [3.63, 3.8) is 0 Å². The molecule has 0 bridgehead atoms. The number of hydrogen-bond donors (Lipinski definition) is 2. The Hall–Kier alpha value is -2.60. The summed E-state index contributed by atoms with van der Waals surface area (Å²) in [6.07, 6.45) is 9.38. The molecule has 2 N–H and O–H groups in total. The second-order valence-corrected chi connectivity index (χ2v) is 13.0. The summed E-state index contributed by atoms with van der Waals surface area (Å²) in [5.74, 6) is -3.99. The van der Waals surface area contributed by atoms with Gasteiger partial charge in [0.15, 0.2) is 0 Å². The van der Waals surface area contributed by atoms with Crippen LogP contribution in [-0.4, -0.2) is 43.2 Å². The van der Waals surface area contributed by atoms with Gasteiger partial charge in [0, 0.05) is 70.3 Å². The standard InChI is InChI=1S/2C20H27NO4.2Na/c2*1-4-6-7-8-17-14(9-10-19(22)23)16-11-13(3)15(20(24)25)12-18(16)21(17)5-2;;/h2*11-12H,4-10H2,1-3H3,(H,22,23)(H,24,25);;/q;;2*+1/p-2. The van der Waals surface area contributed by atoms with Gasteiger partial charge in [-0.15, -0.1) is 0 Å². The zero-order valence-electron chi connectivity index (χ0n) is 32.4. The Morgan fingerprint density at radius 2 is 0.923 bits per heavy atom. The quantitative estimate of drug-likeness (QED) is 0.108. The molecule has 12 heteroatoms. The summed E-state index contributed by atoms with van der Waals surface area (Å²) in [4.78, 5) is 44.9. The Morgan fingerprint density at radius 3 is 1.19 bits per heavy atom. The third kappa shape index (κ3) is 11.7. The fraction of sp³-hybridized carbons (Fsp3) is 0.500. The smallest absolute Gasteiger partial charge is 0.545 e. The Labute approximate surface area is 351 Å². The molecule has 0 saturated carbocycles. The number of carboxylic acid groups (broad SMARTS) is 4. The van der Waals surface area contributed by atoms with E-state index in [0.717, 1.165) is 109 Å². The molecule has 0 fully saturated rings. The van der Waals surface area contributed by atoms with Crippen molar-refractivity contribution < 1.29 is 98.7 Å². The van der Waals surface area contributed by atoms with E-state index in [2.05, 4.69) is 23.0 Å². The van der Waals surface area contributed by atoms with Crippen LogP contribution in [0.2, 0.25) is 0 Å². The summed E-state index contributed by atoms with van der Waals surface area (Å²) < 4.78 is 4.27. The molecule has 10 nitrogen and oxygen atoms in total. The van der Waals surface area contributed by atoms with Crippen LogP contribution in [0.1, 0.15) is 133 Å². The van der Waals surface area contributed by atoms with Gasteiger partial charge in [0.25, 0.3) is 0 Å². The number of fused-ring (bicyclic) bond motifs is 2. The monoisotopic (exact) mass is 734 g/mol. The van der Waals surface area contributed by atoms with Crippen LogP contribution in [0.4, 0.5) is 0 Å². The molecule has 0 radical (unpaired) electrons. The summed E-state index contributed by atoms with van der Waals surface area (Å²) in [5.41, 5.74) is 7.79. The minimum absolute atomic E-state index is 0. The van der Waals surface area contributed by atoms with Gasteiger partial charge in [-0.25, -0.2) is 0 Å². The van der Waals surface area contributed by atoms with E-state index in [1.807, 2.05) is 26.0 Å². The topological polar surface area (TPSA) is 165 Å². The van der Waals surface area contributed by atoms with Gasteiger partial charge in [0.05, 0.1) is 11.9 Å². The zero-order valence-corrected chi connectivity index (χ0v) is 36.4. The van der Waals surface area contributed by atoms with Crippen LogP contribution >= 0.6 is 0 Å². The maximum atomic E-state index is 11.4. The molecule has 0 unspecified atom stereocenters. The van der Waals surface area contributed by atoms with Gasteiger partial charge >= 0.3 is 71.1 Å². The predicted octanol–water partition coefficient (Wildman–Crippen LogP) is 0.174. The number of benzene rings is 2. The number of carbonyl (C=O) groups is 4. The molecule has 2 aromatic carbocycles. The second kappa shape index (κ2) is 22.6. The van der Waals surface area contributed by atoms with Crippen LogP contribution in [0, 0.1) is 13.8 Å². The summed E-state index contributed by atoms with van der Waals surface area (Å²) >= 11 is 0. The maximum absolute atomic E-state index is 11.4. The fourth-order valence-electron chi connectivity index (χ4n) is 7.09. The number of nitrogens with zero attached hydrogens (tertiary/aromatic N) is 2. The number of hydrogen-bond acceptors (Lipinski definition) is 6. The van der Waals surface area contributed by atoms with E-state index in [-0.39, 0.29) is 83.1 Å². The fourth-order valence-corrected chi connectivity index (χ4v) is 7.09. The van der Waals surface area contributed by atoms with E-state index in [4.69, 9.17) is 10.2 Å². The number of aromatic nitrogens is 2. The molecule has 4 rings (SSSR count). The molecule has 0 spiro atoms. The van der Waals surface area contributed by atoms with Crippen LogP contribution in [0.15, 0.2) is 24.3 Å². The van der Waals surface area contributed by atoms with Crippen molar-refractivity contribution in [2.24, 2.45) is 0 Å². The normalized spacial score (nSPS) is 10.7. The van der Waals surface area contributed by atoms with E-state index in [1.165, 1.54) is 0 Å². The first-order valence-corrected chi connectivity index (χ1v) is 18.0. The average molecular weight is 735 g/mol. The number of unbranched alkanes of at least 4 members (excludes halogenated alkanes) is 4. The van der Waals surface area contributed by atoms with E-state index >= 15 is 0 Å². The SMILES string of the molecule is CCCCCc1c(CCC(=O)O)c2cc(C)c(C(=O)[O-])cc2n1CC.CCCCCc1c(CCC(=O)O)c2cc(C)c(C(=O)[O-])cc2n1CC.[Na+].[Na+]. The van der Waals surface area contributed by atoms with Crippen LogP contribution in [0.25, 0.3) is 21.8 Å². The second-order valence-electron chi connectivity index (χ2n) is 13.0. The van der Waals surface area contributed by atoms with Gasteiger partial charge < -0.3 is 39.1 Å². The molecule has 0 aliphatic carbocycles. The number of aryl methyl sites for hydroxylation is 6. The molecule has 272 valence electrons. The zero-order chi connectivity index (χ0) is 37.1. The van der Waals surface area contributed by atoms with Crippen molar-refractivity contribution in [2.45, 2.75) is 132 Å². The predicted molar refractivity (Wildman–Crippen MR) is 192 cm³/mol. The molecule has 0 saturated heterocycles. The Balaban J connectivity index is 0.000000501. The Bertz CT molecular complexity index is 1720. The van der Waals surface area contributed by atoms with Gasteiger partial charge in [0.1, 0.15) is 0 Å². The van der Waals surface area contributed by atoms with Gasteiger partial charge in [-0.05, 0) is 113 Å². The number of aliphatic carboxylic acids is 2. The minimum atomic E-state index is -1.18. The Kier molecular flexibility index (Phi) is 20.6. The van der Waals surface area contributed by atoms with Gasteiger partial charge in [-0.2, -0.15) is 0 Å². The summed E-state index contributed by atoms with van der Waals surface area (Å²) in [5, 5.41) is 42.9. The number of carbonyl (C=O) groups excluding carboxylic acids is 2. The molecule has 0 aliphatic rings. The molecular formula is C40H52N2Na2O8. The summed E-state index contributed by atoms with van der Waals surface area (Å²) in [6, 6.07) is 7.09. The molecule has 52 heavy (non-hydrogen) atoms. The van der Waals surface area contributed by atoms with Crippen molar-refractivity contribution in [1.29, 1.82) is 0 Å². The maximum Gasteiger partial charge on any atom is 1.00 e. The summed E-state index contributed by atoms with van der Waals surface area (Å²) in [6.45, 7) is 13.3. The van der Waals surface area contributed by atoms with Crippen molar-refractivity contribution in [1.82, 2.24) is 9.13 Å². The van der Waals surface area contributed by atoms with Gasteiger partial charge in [-0.1, -0.05) is 39.5 Å². The van der Waals surface area contributed by atoms with Crippen LogP contribution in [0.3, 0.4) is 0 Å². The van der Waals surface area contributed by atoms with Crippen molar-refractivity contribution in [2.75, 3.05) is 0 Å². The van der Waals surface area contributed by atoms with E-state index in [1.54, 1.807) is 26.0 Å². The number of rotatable bonds is 18. The third-order valence-corrected chi connectivity index (χ3v) is 9.55. The van der Waals surface area contributed by atoms with Crippen LogP contribution in [-0.2, 0) is 48.4 Å². The van der Waals surface area contributed by atoms with Gasteiger partial charge in [-0.3, -0.25) is 9.59 Å². The molecule has 0 atom stereocenters. The molecule has 2 aromatic heterocycles. The number of aromatic carboxylic acids is 2. The van der Waals surface area contributed by atoms with Crippen molar-refractivity contribution >= 4 is 45.7 Å². The van der Waals surface area contributed by atoms with Crippen LogP contribution < -0.4 is 69.3 Å². The molecule has 4 aromatic rings. The molecular weight excluding hydrogens is 682 g/mol. The summed E-state index contributed by atoms with van der Waals surface area (Å²) in [7, 11) is 0. The van der Waals surface area contributed by atoms with Crippen molar-refractivity contribution in [3.05, 3.63) is 69.0 Å². The van der Waals surface area contributed by atoms with Gasteiger partial charge in [0.2, 0.25) is 0 Å². The molecule has 0 aliphatic heterocycles. The number of carboxylic acids is 4. The first-order valence-electron chi connectivity index (χ1n) is 18.0. The first-order chi connectivity index (χ1) is 23.8. The molecule has 0 amide bonds. The molecule has 2 heterocycles. The van der Waals surface area contributed by atoms with Crippen molar-refractivity contribution in [3.8, 4) is 0 Å². The third-order valence-electron chi connectivity index (χ3n) is 9.55. The average Bonchev–Trinajstić information content (AvgIpc) is 3.51. The largest absolute Gasteiger partial charge is 1.00 e.